The minimum atomic E-state index is -0.377. The zero-order chi connectivity index (χ0) is 14.7. The molecule has 1 atom stereocenters. The molecule has 0 spiro atoms. The van der Waals surface area contributed by atoms with Crippen molar-refractivity contribution in [3.05, 3.63) is 52.3 Å². The molecule has 20 heavy (non-hydrogen) atoms. The molecule has 0 aliphatic rings. The molecule has 1 aromatic carbocycles. The number of aromatic hydroxyl groups is 1. The summed E-state index contributed by atoms with van der Waals surface area (Å²) in [5.41, 5.74) is 6.49. The molecule has 3 N–H and O–H groups in total. The van der Waals surface area contributed by atoms with Gasteiger partial charge in [-0.25, -0.2) is 0 Å². The number of nitriles is 1. The molecule has 5 nitrogen and oxygen atoms in total. The van der Waals surface area contributed by atoms with E-state index in [9.17, 15) is 15.2 Å². The van der Waals surface area contributed by atoms with Gasteiger partial charge in [-0.05, 0) is 12.5 Å². The highest BCUT2D eigenvalue weighted by molar-refractivity contribution is 5.72. The van der Waals surface area contributed by atoms with Crippen LogP contribution in [0.3, 0.4) is 0 Å². The fourth-order valence-electron chi connectivity index (χ4n) is 2.05. The molecule has 0 radical (unpaired) electrons. The largest absolute Gasteiger partial charge is 0.493 e. The molecule has 1 aromatic heterocycles. The van der Waals surface area contributed by atoms with Crippen LogP contribution in [0.5, 0.6) is 5.88 Å². The monoisotopic (exact) mass is 269 g/mol. The SMILES string of the molecule is CC(N)Cn1c(O)c(C#N)c(-c2ccccc2)cc1=O. The lowest BCUT2D eigenvalue weighted by molar-refractivity contribution is 0.394. The topological polar surface area (TPSA) is 92.0 Å². The Bertz CT molecular complexity index is 712. The summed E-state index contributed by atoms with van der Waals surface area (Å²) in [6.45, 7) is 1.89. The summed E-state index contributed by atoms with van der Waals surface area (Å²) in [7, 11) is 0. The first kappa shape index (κ1) is 13.8. The lowest BCUT2D eigenvalue weighted by Gasteiger charge is -2.14. The molecule has 0 amide bonds. The normalized spacial score (nSPS) is 11.8. The number of aromatic nitrogens is 1. The van der Waals surface area contributed by atoms with Gasteiger partial charge in [0.15, 0.2) is 0 Å². The lowest BCUT2D eigenvalue weighted by atomic mass is 10.0. The number of hydrogen-bond acceptors (Lipinski definition) is 4. The van der Waals surface area contributed by atoms with Crippen LogP contribution in [0.1, 0.15) is 12.5 Å². The van der Waals surface area contributed by atoms with Gasteiger partial charge >= 0.3 is 0 Å². The average Bonchev–Trinajstić information content (AvgIpc) is 2.43. The van der Waals surface area contributed by atoms with Gasteiger partial charge in [-0.1, -0.05) is 30.3 Å². The van der Waals surface area contributed by atoms with Crippen LogP contribution in [0, 0.1) is 11.3 Å². The van der Waals surface area contributed by atoms with Crippen molar-refractivity contribution in [1.82, 2.24) is 4.57 Å². The Morgan fingerprint density at radius 2 is 2.05 bits per heavy atom. The number of rotatable bonds is 3. The van der Waals surface area contributed by atoms with Gasteiger partial charge in [0.1, 0.15) is 11.6 Å². The minimum absolute atomic E-state index is 0.0800. The highest BCUT2D eigenvalue weighted by atomic mass is 16.3. The molecule has 5 heteroatoms. The highest BCUT2D eigenvalue weighted by Crippen LogP contribution is 2.27. The van der Waals surface area contributed by atoms with Crippen molar-refractivity contribution in [3.8, 4) is 23.1 Å². The molecule has 0 aliphatic carbocycles. The second-order valence-corrected chi connectivity index (χ2v) is 4.66. The first-order chi connectivity index (χ1) is 9.54. The van der Waals surface area contributed by atoms with Crippen LogP contribution < -0.4 is 11.3 Å². The third-order valence-corrected chi connectivity index (χ3v) is 2.95. The zero-order valence-corrected chi connectivity index (χ0v) is 11.1. The fraction of sp³-hybridized carbons (Fsp3) is 0.200. The van der Waals surface area contributed by atoms with Gasteiger partial charge in [-0.3, -0.25) is 9.36 Å². The van der Waals surface area contributed by atoms with Crippen LogP contribution in [-0.4, -0.2) is 15.7 Å². The number of hydrogen-bond donors (Lipinski definition) is 2. The molecule has 102 valence electrons. The summed E-state index contributed by atoms with van der Waals surface area (Å²) in [5.74, 6) is -0.337. The Balaban J connectivity index is 2.68. The molecule has 0 saturated carbocycles. The maximum Gasteiger partial charge on any atom is 0.254 e. The molecule has 0 aliphatic heterocycles. The van der Waals surface area contributed by atoms with Gasteiger partial charge in [-0.15, -0.1) is 0 Å². The van der Waals surface area contributed by atoms with E-state index in [1.54, 1.807) is 31.2 Å². The van der Waals surface area contributed by atoms with Gasteiger partial charge in [-0.2, -0.15) is 5.26 Å². The van der Waals surface area contributed by atoms with Crippen molar-refractivity contribution in [2.75, 3.05) is 0 Å². The van der Waals surface area contributed by atoms with Crippen molar-refractivity contribution < 1.29 is 5.11 Å². The maximum absolute atomic E-state index is 12.1. The van der Waals surface area contributed by atoms with Gasteiger partial charge in [0.2, 0.25) is 5.88 Å². The van der Waals surface area contributed by atoms with E-state index < -0.39 is 0 Å². The summed E-state index contributed by atoms with van der Waals surface area (Å²) < 4.78 is 1.12. The van der Waals surface area contributed by atoms with Crippen LogP contribution in [-0.2, 0) is 6.54 Å². The van der Waals surface area contributed by atoms with Crippen molar-refractivity contribution in [3.63, 3.8) is 0 Å². The Hall–Kier alpha value is -2.58. The van der Waals surface area contributed by atoms with Crippen LogP contribution in [0.2, 0.25) is 0 Å². The molecule has 0 bridgehead atoms. The second kappa shape index (κ2) is 5.59. The van der Waals surface area contributed by atoms with E-state index in [0.717, 1.165) is 4.57 Å². The van der Waals surface area contributed by atoms with Crippen molar-refractivity contribution in [1.29, 1.82) is 5.26 Å². The minimum Gasteiger partial charge on any atom is -0.493 e. The molecule has 0 saturated heterocycles. The second-order valence-electron chi connectivity index (χ2n) is 4.66. The predicted molar refractivity (Wildman–Crippen MR) is 76.2 cm³/mol. The van der Waals surface area contributed by atoms with E-state index in [1.807, 2.05) is 12.1 Å². The predicted octanol–water partition coefficient (Wildman–Crippen LogP) is 1.44. The molecular weight excluding hydrogens is 254 g/mol. The first-order valence-electron chi connectivity index (χ1n) is 6.22. The summed E-state index contributed by atoms with van der Waals surface area (Å²) in [5, 5.41) is 19.4. The Morgan fingerprint density at radius 1 is 1.40 bits per heavy atom. The smallest absolute Gasteiger partial charge is 0.254 e. The van der Waals surface area contributed by atoms with E-state index in [1.165, 1.54) is 6.07 Å². The molecule has 1 unspecified atom stereocenters. The molecule has 2 aromatic rings. The van der Waals surface area contributed by atoms with Crippen LogP contribution in [0.25, 0.3) is 11.1 Å². The van der Waals surface area contributed by atoms with Gasteiger partial charge in [0.25, 0.3) is 5.56 Å². The van der Waals surface area contributed by atoms with E-state index in [-0.39, 0.29) is 29.6 Å². The maximum atomic E-state index is 12.1. The Morgan fingerprint density at radius 3 is 2.60 bits per heavy atom. The van der Waals surface area contributed by atoms with Crippen molar-refractivity contribution >= 4 is 0 Å². The van der Waals surface area contributed by atoms with Gasteiger partial charge < -0.3 is 10.8 Å². The number of nitrogens with two attached hydrogens (primary N) is 1. The fourth-order valence-corrected chi connectivity index (χ4v) is 2.05. The van der Waals surface area contributed by atoms with Crippen LogP contribution in [0.15, 0.2) is 41.2 Å². The van der Waals surface area contributed by atoms with E-state index in [2.05, 4.69) is 0 Å². The summed E-state index contributed by atoms with van der Waals surface area (Å²) in [6, 6.07) is 12.0. The molecule has 0 fully saturated rings. The third-order valence-electron chi connectivity index (χ3n) is 2.95. The van der Waals surface area contributed by atoms with E-state index in [4.69, 9.17) is 5.73 Å². The first-order valence-corrected chi connectivity index (χ1v) is 6.22. The van der Waals surface area contributed by atoms with E-state index >= 15 is 0 Å². The summed E-state index contributed by atoms with van der Waals surface area (Å²) in [6.07, 6.45) is 0. The zero-order valence-electron chi connectivity index (χ0n) is 11.1. The van der Waals surface area contributed by atoms with Gasteiger partial charge in [0, 0.05) is 24.2 Å². The number of pyridine rings is 1. The average molecular weight is 269 g/mol. The number of benzene rings is 1. The lowest BCUT2D eigenvalue weighted by Crippen LogP contribution is -2.30. The van der Waals surface area contributed by atoms with E-state index in [0.29, 0.717) is 11.1 Å². The molecule has 1 heterocycles. The standard InChI is InChI=1S/C15H15N3O2/c1-10(17)9-18-14(19)7-12(13(8-16)15(18)20)11-5-3-2-4-6-11/h2-7,10,20H,9,17H2,1H3. The quantitative estimate of drug-likeness (QED) is 0.881. The number of nitrogens with zero attached hydrogens (tertiary/aromatic N) is 2. The van der Waals surface area contributed by atoms with Crippen molar-refractivity contribution in [2.45, 2.75) is 19.5 Å². The van der Waals surface area contributed by atoms with Crippen LogP contribution in [0.4, 0.5) is 0 Å². The Kier molecular flexibility index (Phi) is 3.87. The van der Waals surface area contributed by atoms with Crippen LogP contribution >= 0.6 is 0 Å². The molecular formula is C15H15N3O2. The summed E-state index contributed by atoms with van der Waals surface area (Å²) in [4.78, 5) is 12.1. The van der Waals surface area contributed by atoms with Crippen molar-refractivity contribution in [2.24, 2.45) is 5.73 Å². The third kappa shape index (κ3) is 2.56. The Labute approximate surface area is 116 Å². The highest BCUT2D eigenvalue weighted by Gasteiger charge is 2.16. The summed E-state index contributed by atoms with van der Waals surface area (Å²) >= 11 is 0. The van der Waals surface area contributed by atoms with Gasteiger partial charge in [0.05, 0.1) is 0 Å². The molecule has 2 rings (SSSR count).